The van der Waals surface area contributed by atoms with E-state index in [1.807, 2.05) is 26.8 Å². The highest BCUT2D eigenvalue weighted by Gasteiger charge is 2.11. The van der Waals surface area contributed by atoms with E-state index in [0.29, 0.717) is 29.6 Å². The Balaban J connectivity index is 2.32. The number of benzene rings is 1. The zero-order valence-corrected chi connectivity index (χ0v) is 12.9. The molecule has 0 bridgehead atoms. The van der Waals surface area contributed by atoms with E-state index in [0.717, 1.165) is 5.56 Å². The lowest BCUT2D eigenvalue weighted by atomic mass is 10.2. The van der Waals surface area contributed by atoms with Gasteiger partial charge in [0.2, 0.25) is 5.91 Å². The van der Waals surface area contributed by atoms with Crippen LogP contribution in [-0.2, 0) is 16.1 Å². The minimum Gasteiger partial charge on any atom is -0.375 e. The highest BCUT2D eigenvalue weighted by atomic mass is 35.5. The van der Waals surface area contributed by atoms with Crippen molar-refractivity contribution in [2.75, 3.05) is 6.61 Å². The molecule has 1 amide bonds. The third-order valence-corrected chi connectivity index (χ3v) is 3.08. The molecule has 0 atom stereocenters. The molecule has 0 aliphatic rings. The summed E-state index contributed by atoms with van der Waals surface area (Å²) in [6.45, 7) is 6.73. The van der Waals surface area contributed by atoms with Crippen molar-refractivity contribution in [1.82, 2.24) is 5.32 Å². The minimum atomic E-state index is -0.218. The lowest BCUT2D eigenvalue weighted by molar-refractivity contribution is -0.123. The molecule has 1 aromatic carbocycles. The first-order valence-electron chi connectivity index (χ1n) is 6.12. The van der Waals surface area contributed by atoms with Crippen LogP contribution >= 0.6 is 23.2 Å². The summed E-state index contributed by atoms with van der Waals surface area (Å²) in [6, 6.07) is 5.30. The predicted octanol–water partition coefficient (Wildman–Crippen LogP) is 3.81. The monoisotopic (exact) mass is 303 g/mol. The zero-order valence-electron chi connectivity index (χ0n) is 11.4. The van der Waals surface area contributed by atoms with Gasteiger partial charge in [-0.3, -0.25) is 4.79 Å². The van der Waals surface area contributed by atoms with Crippen molar-refractivity contribution in [1.29, 1.82) is 0 Å². The van der Waals surface area contributed by atoms with E-state index in [2.05, 4.69) is 5.32 Å². The van der Waals surface area contributed by atoms with E-state index in [-0.39, 0.29) is 11.5 Å². The molecule has 0 heterocycles. The van der Waals surface area contributed by atoms with Crippen LogP contribution in [0.5, 0.6) is 0 Å². The fraction of sp³-hybridized carbons (Fsp3) is 0.500. The SMILES string of the molecule is CC(C)(C)OCCC(=O)NCc1ccc(Cl)c(Cl)c1. The zero-order chi connectivity index (χ0) is 14.5. The summed E-state index contributed by atoms with van der Waals surface area (Å²) < 4.78 is 5.49. The van der Waals surface area contributed by atoms with Gasteiger partial charge in [-0.2, -0.15) is 0 Å². The second-order valence-electron chi connectivity index (χ2n) is 5.24. The van der Waals surface area contributed by atoms with E-state index in [1.54, 1.807) is 12.1 Å². The number of carbonyl (C=O) groups is 1. The fourth-order valence-electron chi connectivity index (χ4n) is 1.39. The van der Waals surface area contributed by atoms with Crippen LogP contribution in [0.15, 0.2) is 18.2 Å². The van der Waals surface area contributed by atoms with Crippen LogP contribution in [0, 0.1) is 0 Å². The minimum absolute atomic E-state index is 0.0460. The normalized spacial score (nSPS) is 11.4. The number of amides is 1. The molecule has 106 valence electrons. The number of halogens is 2. The molecule has 1 N–H and O–H groups in total. The van der Waals surface area contributed by atoms with Gasteiger partial charge >= 0.3 is 0 Å². The largest absolute Gasteiger partial charge is 0.375 e. The van der Waals surface area contributed by atoms with Crippen LogP contribution in [0.3, 0.4) is 0 Å². The van der Waals surface area contributed by atoms with Crippen molar-refractivity contribution in [2.45, 2.75) is 39.3 Å². The van der Waals surface area contributed by atoms with Gasteiger partial charge in [0, 0.05) is 13.0 Å². The lowest BCUT2D eigenvalue weighted by Gasteiger charge is -2.19. The number of carbonyl (C=O) groups excluding carboxylic acids is 1. The molecule has 0 unspecified atom stereocenters. The standard InChI is InChI=1S/C14H19Cl2NO2/c1-14(2,3)19-7-6-13(18)17-9-10-4-5-11(15)12(16)8-10/h4-5,8H,6-7,9H2,1-3H3,(H,17,18). The van der Waals surface area contributed by atoms with Crippen LogP contribution in [0.1, 0.15) is 32.8 Å². The first-order chi connectivity index (χ1) is 8.78. The molecule has 0 saturated heterocycles. The highest BCUT2D eigenvalue weighted by Crippen LogP contribution is 2.22. The molecule has 0 aliphatic carbocycles. The van der Waals surface area contributed by atoms with Gasteiger partial charge in [-0.15, -0.1) is 0 Å². The van der Waals surface area contributed by atoms with Gasteiger partial charge in [-0.05, 0) is 38.5 Å². The van der Waals surface area contributed by atoms with E-state index >= 15 is 0 Å². The third-order valence-electron chi connectivity index (χ3n) is 2.34. The Labute approximate surface area is 124 Å². The topological polar surface area (TPSA) is 38.3 Å². The molecule has 1 aromatic rings. The number of ether oxygens (including phenoxy) is 1. The van der Waals surface area contributed by atoms with Gasteiger partial charge in [0.25, 0.3) is 0 Å². The summed E-state index contributed by atoms with van der Waals surface area (Å²) in [5, 5.41) is 3.81. The fourth-order valence-corrected chi connectivity index (χ4v) is 1.71. The Kier molecular flexibility index (Phi) is 6.11. The summed E-state index contributed by atoms with van der Waals surface area (Å²) in [7, 11) is 0. The average Bonchev–Trinajstić information content (AvgIpc) is 2.29. The third kappa shape index (κ3) is 6.81. The summed E-state index contributed by atoms with van der Waals surface area (Å²) in [5.41, 5.74) is 0.698. The van der Waals surface area contributed by atoms with Crippen molar-refractivity contribution < 1.29 is 9.53 Å². The summed E-state index contributed by atoms with van der Waals surface area (Å²) in [4.78, 5) is 11.6. The summed E-state index contributed by atoms with van der Waals surface area (Å²) in [5.74, 6) is -0.0460. The maximum atomic E-state index is 11.6. The Bertz CT molecular complexity index is 442. The molecule has 0 fully saturated rings. The van der Waals surface area contributed by atoms with Crippen molar-refractivity contribution in [2.24, 2.45) is 0 Å². The Morgan fingerprint density at radius 3 is 2.53 bits per heavy atom. The predicted molar refractivity (Wildman–Crippen MR) is 78.6 cm³/mol. The Morgan fingerprint density at radius 1 is 1.26 bits per heavy atom. The number of nitrogens with one attached hydrogen (secondary N) is 1. The maximum Gasteiger partial charge on any atom is 0.222 e. The quantitative estimate of drug-likeness (QED) is 0.898. The van der Waals surface area contributed by atoms with Crippen LogP contribution in [0.4, 0.5) is 0 Å². The molecule has 0 saturated carbocycles. The molecule has 5 heteroatoms. The smallest absolute Gasteiger partial charge is 0.222 e. The molecular weight excluding hydrogens is 285 g/mol. The molecule has 19 heavy (non-hydrogen) atoms. The summed E-state index contributed by atoms with van der Waals surface area (Å²) >= 11 is 11.7. The number of hydrogen-bond donors (Lipinski definition) is 1. The van der Waals surface area contributed by atoms with Crippen LogP contribution in [0.2, 0.25) is 10.0 Å². The van der Waals surface area contributed by atoms with Crippen LogP contribution in [-0.4, -0.2) is 18.1 Å². The van der Waals surface area contributed by atoms with Crippen LogP contribution in [0.25, 0.3) is 0 Å². The van der Waals surface area contributed by atoms with Crippen molar-refractivity contribution in [3.05, 3.63) is 33.8 Å². The van der Waals surface area contributed by atoms with Gasteiger partial charge < -0.3 is 10.1 Å². The van der Waals surface area contributed by atoms with Crippen molar-refractivity contribution in [3.63, 3.8) is 0 Å². The summed E-state index contributed by atoms with van der Waals surface area (Å²) in [6.07, 6.45) is 0.346. The van der Waals surface area contributed by atoms with Crippen molar-refractivity contribution >= 4 is 29.1 Å². The second kappa shape index (κ2) is 7.13. The second-order valence-corrected chi connectivity index (χ2v) is 6.05. The van der Waals surface area contributed by atoms with E-state index in [4.69, 9.17) is 27.9 Å². The van der Waals surface area contributed by atoms with E-state index in [1.165, 1.54) is 0 Å². The molecule has 0 radical (unpaired) electrons. The Morgan fingerprint density at radius 2 is 1.95 bits per heavy atom. The maximum absolute atomic E-state index is 11.6. The number of rotatable bonds is 5. The van der Waals surface area contributed by atoms with E-state index < -0.39 is 0 Å². The molecular formula is C14H19Cl2NO2. The molecule has 0 spiro atoms. The van der Waals surface area contributed by atoms with Gasteiger partial charge in [-0.1, -0.05) is 29.3 Å². The Hall–Kier alpha value is -0.770. The lowest BCUT2D eigenvalue weighted by Crippen LogP contribution is -2.26. The molecule has 3 nitrogen and oxygen atoms in total. The first kappa shape index (κ1) is 16.3. The van der Waals surface area contributed by atoms with Gasteiger partial charge in [-0.25, -0.2) is 0 Å². The van der Waals surface area contributed by atoms with E-state index in [9.17, 15) is 4.79 Å². The van der Waals surface area contributed by atoms with Crippen molar-refractivity contribution in [3.8, 4) is 0 Å². The van der Waals surface area contributed by atoms with Crippen LogP contribution < -0.4 is 5.32 Å². The number of hydrogen-bond acceptors (Lipinski definition) is 2. The highest BCUT2D eigenvalue weighted by molar-refractivity contribution is 6.42. The average molecular weight is 304 g/mol. The van der Waals surface area contributed by atoms with Gasteiger partial charge in [0.15, 0.2) is 0 Å². The van der Waals surface area contributed by atoms with Gasteiger partial charge in [0.1, 0.15) is 0 Å². The first-order valence-corrected chi connectivity index (χ1v) is 6.88. The molecule has 0 aromatic heterocycles. The van der Waals surface area contributed by atoms with Gasteiger partial charge in [0.05, 0.1) is 22.3 Å². The molecule has 0 aliphatic heterocycles. The molecule has 1 rings (SSSR count).